The van der Waals surface area contributed by atoms with Crippen LogP contribution in [0.2, 0.25) is 0 Å². The van der Waals surface area contributed by atoms with Gasteiger partial charge in [0, 0.05) is 31.9 Å². The normalized spacial score (nSPS) is 14.1. The molecule has 0 saturated carbocycles. The van der Waals surface area contributed by atoms with Gasteiger partial charge in [-0.15, -0.1) is 0 Å². The molecule has 2 heterocycles. The zero-order chi connectivity index (χ0) is 25.8. The van der Waals surface area contributed by atoms with Crippen LogP contribution in [0.15, 0.2) is 85.2 Å². The first-order valence-corrected chi connectivity index (χ1v) is 12.4. The molecule has 0 radical (unpaired) electrons. The molecule has 0 bridgehead atoms. The first-order valence-electron chi connectivity index (χ1n) is 12.4. The topological polar surface area (TPSA) is 87.4 Å². The molecule has 1 fully saturated rings. The van der Waals surface area contributed by atoms with Crippen LogP contribution in [-0.4, -0.2) is 46.0 Å². The van der Waals surface area contributed by atoms with Crippen molar-refractivity contribution in [1.29, 1.82) is 0 Å². The Balaban J connectivity index is 1.39. The highest BCUT2D eigenvalue weighted by Crippen LogP contribution is 2.36. The molecule has 0 spiro atoms. The summed E-state index contributed by atoms with van der Waals surface area (Å²) in [6.45, 7) is 6.73. The van der Waals surface area contributed by atoms with Crippen molar-refractivity contribution < 1.29 is 4.92 Å². The third-order valence-corrected chi connectivity index (χ3v) is 6.68. The molecule has 1 aromatic heterocycles. The number of nitro groups is 1. The zero-order valence-corrected chi connectivity index (χ0v) is 21.0. The Hall–Kier alpha value is -4.30. The van der Waals surface area contributed by atoms with E-state index in [1.54, 1.807) is 0 Å². The standard InChI is InChI=1S/C29H30N6O2/c1-21-17-22(2)19-25(18-21)32-28-27(35(36)37)29(31-20-30-28)34-15-13-33(14-16-34)26(23-9-5-3-6-10-23)24-11-7-4-8-12-24/h3-12,17-20,26H,13-16H2,1-2H3,(H,30,31,32). The Labute approximate surface area is 216 Å². The number of hydrogen-bond donors (Lipinski definition) is 1. The average Bonchev–Trinajstić information content (AvgIpc) is 2.90. The fourth-order valence-electron chi connectivity index (χ4n) is 5.12. The maximum atomic E-state index is 12.2. The minimum absolute atomic E-state index is 0.0993. The molecule has 1 N–H and O–H groups in total. The van der Waals surface area contributed by atoms with E-state index in [0.29, 0.717) is 18.9 Å². The summed E-state index contributed by atoms with van der Waals surface area (Å²) in [6, 6.07) is 27.0. The molecular weight excluding hydrogens is 464 g/mol. The van der Waals surface area contributed by atoms with Crippen LogP contribution in [0.4, 0.5) is 23.0 Å². The highest BCUT2D eigenvalue weighted by atomic mass is 16.6. The molecule has 0 unspecified atom stereocenters. The molecule has 4 aromatic rings. The van der Waals surface area contributed by atoms with E-state index in [0.717, 1.165) is 29.9 Å². The van der Waals surface area contributed by atoms with E-state index in [9.17, 15) is 10.1 Å². The van der Waals surface area contributed by atoms with E-state index in [-0.39, 0.29) is 22.5 Å². The number of rotatable bonds is 7. The summed E-state index contributed by atoms with van der Waals surface area (Å²) < 4.78 is 0. The second-order valence-electron chi connectivity index (χ2n) is 9.40. The third-order valence-electron chi connectivity index (χ3n) is 6.68. The van der Waals surface area contributed by atoms with Gasteiger partial charge >= 0.3 is 5.69 Å². The summed E-state index contributed by atoms with van der Waals surface area (Å²) in [5.41, 5.74) is 5.27. The fourth-order valence-corrected chi connectivity index (χ4v) is 5.12. The van der Waals surface area contributed by atoms with Gasteiger partial charge in [0.25, 0.3) is 0 Å². The number of benzene rings is 3. The summed E-state index contributed by atoms with van der Waals surface area (Å²) in [5.74, 6) is 0.552. The Bertz CT molecular complexity index is 1310. The third kappa shape index (κ3) is 5.44. The molecular formula is C29H30N6O2. The minimum atomic E-state index is -0.385. The minimum Gasteiger partial charge on any atom is -0.348 e. The SMILES string of the molecule is Cc1cc(C)cc(Nc2ncnc(N3CCN(C(c4ccccc4)c4ccccc4)CC3)c2[N+](=O)[O-])c1. The Morgan fingerprint density at radius 3 is 1.95 bits per heavy atom. The largest absolute Gasteiger partial charge is 0.353 e. The molecule has 188 valence electrons. The van der Waals surface area contributed by atoms with Crippen molar-refractivity contribution in [3.63, 3.8) is 0 Å². The van der Waals surface area contributed by atoms with Gasteiger partial charge in [-0.05, 0) is 48.2 Å². The molecule has 0 atom stereocenters. The molecule has 37 heavy (non-hydrogen) atoms. The second kappa shape index (κ2) is 10.8. The van der Waals surface area contributed by atoms with Crippen LogP contribution in [0.5, 0.6) is 0 Å². The van der Waals surface area contributed by atoms with E-state index in [1.807, 2.05) is 43.0 Å². The van der Waals surface area contributed by atoms with Crippen molar-refractivity contribution >= 4 is 23.0 Å². The van der Waals surface area contributed by atoms with E-state index in [1.165, 1.54) is 17.5 Å². The first kappa shape index (κ1) is 24.4. The average molecular weight is 495 g/mol. The Morgan fingerprint density at radius 2 is 1.41 bits per heavy atom. The lowest BCUT2D eigenvalue weighted by atomic mass is 9.96. The quantitative estimate of drug-likeness (QED) is 0.262. The molecule has 8 nitrogen and oxygen atoms in total. The molecule has 1 aliphatic heterocycles. The summed E-state index contributed by atoms with van der Waals surface area (Å²) in [6.07, 6.45) is 1.40. The molecule has 1 aliphatic rings. The molecule has 0 amide bonds. The number of hydrogen-bond acceptors (Lipinski definition) is 7. The summed E-state index contributed by atoms with van der Waals surface area (Å²) in [7, 11) is 0. The lowest BCUT2D eigenvalue weighted by Crippen LogP contribution is -2.48. The monoisotopic (exact) mass is 494 g/mol. The van der Waals surface area contributed by atoms with Gasteiger partial charge in [0.1, 0.15) is 6.33 Å². The zero-order valence-electron chi connectivity index (χ0n) is 21.0. The van der Waals surface area contributed by atoms with Crippen molar-refractivity contribution in [2.75, 3.05) is 36.4 Å². The van der Waals surface area contributed by atoms with Crippen molar-refractivity contribution in [2.45, 2.75) is 19.9 Å². The van der Waals surface area contributed by atoms with Crippen LogP contribution in [0.25, 0.3) is 0 Å². The number of aromatic nitrogens is 2. The summed E-state index contributed by atoms with van der Waals surface area (Å²) in [5, 5.41) is 15.4. The van der Waals surface area contributed by atoms with Gasteiger partial charge in [0.15, 0.2) is 0 Å². The highest BCUT2D eigenvalue weighted by Gasteiger charge is 2.32. The van der Waals surface area contributed by atoms with Gasteiger partial charge in [-0.1, -0.05) is 66.7 Å². The van der Waals surface area contributed by atoms with E-state index in [2.05, 4.69) is 74.8 Å². The molecule has 0 aliphatic carbocycles. The summed E-state index contributed by atoms with van der Waals surface area (Å²) in [4.78, 5) is 24.8. The molecule has 1 saturated heterocycles. The van der Waals surface area contributed by atoms with Crippen molar-refractivity contribution in [2.24, 2.45) is 0 Å². The predicted octanol–water partition coefficient (Wildman–Crippen LogP) is 5.66. The van der Waals surface area contributed by atoms with Crippen LogP contribution < -0.4 is 10.2 Å². The Morgan fingerprint density at radius 1 is 0.838 bits per heavy atom. The van der Waals surface area contributed by atoms with Crippen molar-refractivity contribution in [3.05, 3.63) is 118 Å². The second-order valence-corrected chi connectivity index (χ2v) is 9.40. The van der Waals surface area contributed by atoms with Crippen molar-refractivity contribution in [3.8, 4) is 0 Å². The van der Waals surface area contributed by atoms with Gasteiger partial charge in [-0.2, -0.15) is 0 Å². The van der Waals surface area contributed by atoms with Gasteiger partial charge in [0.05, 0.1) is 11.0 Å². The highest BCUT2D eigenvalue weighted by molar-refractivity contribution is 5.74. The maximum Gasteiger partial charge on any atom is 0.353 e. The molecule has 5 rings (SSSR count). The lowest BCUT2D eigenvalue weighted by molar-refractivity contribution is -0.383. The lowest BCUT2D eigenvalue weighted by Gasteiger charge is -2.40. The van der Waals surface area contributed by atoms with E-state index >= 15 is 0 Å². The summed E-state index contributed by atoms with van der Waals surface area (Å²) >= 11 is 0. The van der Waals surface area contributed by atoms with Crippen LogP contribution in [0, 0.1) is 24.0 Å². The van der Waals surface area contributed by atoms with E-state index < -0.39 is 0 Å². The number of aryl methyl sites for hydroxylation is 2. The van der Waals surface area contributed by atoms with Gasteiger partial charge in [0.2, 0.25) is 11.6 Å². The van der Waals surface area contributed by atoms with Crippen LogP contribution in [-0.2, 0) is 0 Å². The number of piperazine rings is 1. The molecule has 3 aromatic carbocycles. The predicted molar refractivity (Wildman–Crippen MR) is 146 cm³/mol. The first-order chi connectivity index (χ1) is 18.0. The van der Waals surface area contributed by atoms with E-state index in [4.69, 9.17) is 0 Å². The van der Waals surface area contributed by atoms with Gasteiger partial charge in [-0.25, -0.2) is 9.97 Å². The maximum absolute atomic E-state index is 12.2. The molecule has 8 heteroatoms. The van der Waals surface area contributed by atoms with Crippen LogP contribution in [0.3, 0.4) is 0 Å². The van der Waals surface area contributed by atoms with Gasteiger partial charge in [-0.3, -0.25) is 15.0 Å². The van der Waals surface area contributed by atoms with Crippen LogP contribution in [0.1, 0.15) is 28.3 Å². The van der Waals surface area contributed by atoms with Gasteiger partial charge < -0.3 is 10.2 Å². The Kier molecular flexibility index (Phi) is 7.09. The number of anilines is 3. The number of nitrogens with zero attached hydrogens (tertiary/aromatic N) is 5. The van der Waals surface area contributed by atoms with Crippen molar-refractivity contribution in [1.82, 2.24) is 14.9 Å². The number of nitrogens with one attached hydrogen (secondary N) is 1. The van der Waals surface area contributed by atoms with Crippen LogP contribution >= 0.6 is 0 Å². The fraction of sp³-hybridized carbons (Fsp3) is 0.241. The smallest absolute Gasteiger partial charge is 0.348 e.